The number of hydrogen-bond acceptors (Lipinski definition) is 4. The number of carbonyl (C=O) groups excluding carboxylic acids is 1. The van der Waals surface area contributed by atoms with Crippen molar-refractivity contribution in [2.45, 2.75) is 31.8 Å². The van der Waals surface area contributed by atoms with Gasteiger partial charge in [0, 0.05) is 6.54 Å². The Morgan fingerprint density at radius 1 is 1.00 bits per heavy atom. The number of hydrogen-bond donors (Lipinski definition) is 0. The van der Waals surface area contributed by atoms with Crippen molar-refractivity contribution < 1.29 is 14.3 Å². The van der Waals surface area contributed by atoms with Gasteiger partial charge in [-0.25, -0.2) is 0 Å². The molecular weight excluding hydrogens is 374 g/mol. The number of nitrogens with zero attached hydrogens (tertiary/aromatic N) is 1. The summed E-state index contributed by atoms with van der Waals surface area (Å²) in [7, 11) is 0. The number of benzene rings is 2. The fourth-order valence-electron chi connectivity index (χ4n) is 3.75. The number of piperidine rings is 1. The Labute approximate surface area is 174 Å². The van der Waals surface area contributed by atoms with E-state index in [1.807, 2.05) is 43.3 Å². The second-order valence-electron chi connectivity index (χ2n) is 7.05. The summed E-state index contributed by atoms with van der Waals surface area (Å²) in [6.07, 6.45) is 1.57. The summed E-state index contributed by atoms with van der Waals surface area (Å²) < 4.78 is 11.3. The van der Waals surface area contributed by atoms with Crippen molar-refractivity contribution in [1.29, 1.82) is 0 Å². The maximum absolute atomic E-state index is 12.8. The standard InChI is InChI=1S/C23H29NO3.ClH/c1-2-27-22(25)23(21-11-7-4-8-12-21)13-15-24(16-14-23)17-18-26-19-20-9-5-3-6-10-20;/h3-12H,2,13-19H2,1H3;1H. The number of likely N-dealkylation sites (tertiary alicyclic amines) is 1. The van der Waals surface area contributed by atoms with Gasteiger partial charge in [-0.2, -0.15) is 0 Å². The van der Waals surface area contributed by atoms with Crippen LogP contribution in [0.1, 0.15) is 30.9 Å². The first-order valence-electron chi connectivity index (χ1n) is 9.81. The molecule has 0 N–H and O–H groups in total. The predicted octanol–water partition coefficient (Wildman–Crippen LogP) is 4.22. The third-order valence-corrected chi connectivity index (χ3v) is 5.37. The maximum atomic E-state index is 12.8. The molecule has 2 aromatic carbocycles. The van der Waals surface area contributed by atoms with Gasteiger partial charge in [-0.3, -0.25) is 4.79 Å². The Hall–Kier alpha value is -1.88. The van der Waals surface area contributed by atoms with Crippen LogP contribution in [0.2, 0.25) is 0 Å². The highest BCUT2D eigenvalue weighted by Crippen LogP contribution is 2.36. The molecule has 0 unspecified atom stereocenters. The normalized spacial score (nSPS) is 16.2. The number of ether oxygens (including phenoxy) is 2. The van der Waals surface area contributed by atoms with Crippen molar-refractivity contribution >= 4 is 18.4 Å². The van der Waals surface area contributed by atoms with Crippen LogP contribution in [-0.2, 0) is 26.3 Å². The van der Waals surface area contributed by atoms with Crippen LogP contribution in [0, 0.1) is 0 Å². The molecule has 0 amide bonds. The van der Waals surface area contributed by atoms with Crippen LogP contribution in [0.15, 0.2) is 60.7 Å². The average molecular weight is 404 g/mol. The molecule has 1 heterocycles. The molecule has 1 aliphatic rings. The van der Waals surface area contributed by atoms with Gasteiger partial charge in [-0.05, 0) is 44.0 Å². The van der Waals surface area contributed by atoms with E-state index in [1.54, 1.807) is 0 Å². The highest BCUT2D eigenvalue weighted by Gasteiger charge is 2.44. The number of rotatable bonds is 8. The minimum absolute atomic E-state index is 0. The number of carbonyl (C=O) groups is 1. The molecule has 2 aromatic rings. The van der Waals surface area contributed by atoms with Crippen molar-refractivity contribution in [1.82, 2.24) is 4.90 Å². The van der Waals surface area contributed by atoms with Gasteiger partial charge in [0.05, 0.1) is 25.2 Å². The summed E-state index contributed by atoms with van der Waals surface area (Å²) in [6, 6.07) is 20.3. The third-order valence-electron chi connectivity index (χ3n) is 5.37. The molecule has 1 saturated heterocycles. The monoisotopic (exact) mass is 403 g/mol. The van der Waals surface area contributed by atoms with E-state index in [2.05, 4.69) is 29.2 Å². The first-order chi connectivity index (χ1) is 13.2. The molecule has 0 aliphatic carbocycles. The van der Waals surface area contributed by atoms with Crippen LogP contribution in [0.5, 0.6) is 0 Å². The van der Waals surface area contributed by atoms with E-state index in [0.717, 1.165) is 38.0 Å². The topological polar surface area (TPSA) is 38.8 Å². The molecule has 0 atom stereocenters. The van der Waals surface area contributed by atoms with Crippen LogP contribution in [0.25, 0.3) is 0 Å². The van der Waals surface area contributed by atoms with Crippen LogP contribution in [0.4, 0.5) is 0 Å². The van der Waals surface area contributed by atoms with Gasteiger partial charge < -0.3 is 14.4 Å². The Kier molecular flexibility index (Phi) is 8.97. The fraction of sp³-hybridized carbons (Fsp3) is 0.435. The SMILES string of the molecule is CCOC(=O)C1(c2ccccc2)CCN(CCOCc2ccccc2)CC1.Cl. The summed E-state index contributed by atoms with van der Waals surface area (Å²) in [5.74, 6) is -0.0869. The lowest BCUT2D eigenvalue weighted by Gasteiger charge is -2.40. The van der Waals surface area contributed by atoms with Gasteiger partial charge in [-0.1, -0.05) is 60.7 Å². The van der Waals surface area contributed by atoms with Gasteiger partial charge in [-0.15, -0.1) is 12.4 Å². The van der Waals surface area contributed by atoms with Crippen LogP contribution < -0.4 is 0 Å². The number of halogens is 1. The summed E-state index contributed by atoms with van der Waals surface area (Å²) in [5.41, 5.74) is 1.75. The molecule has 0 spiro atoms. The Balaban J connectivity index is 0.00000280. The second-order valence-corrected chi connectivity index (χ2v) is 7.05. The lowest BCUT2D eigenvalue weighted by atomic mass is 9.72. The van der Waals surface area contributed by atoms with Crippen LogP contribution in [-0.4, -0.2) is 43.7 Å². The Morgan fingerprint density at radius 3 is 2.21 bits per heavy atom. The maximum Gasteiger partial charge on any atom is 0.316 e. The quantitative estimate of drug-likeness (QED) is 0.488. The van der Waals surface area contributed by atoms with Crippen molar-refractivity contribution in [2.75, 3.05) is 32.8 Å². The van der Waals surface area contributed by atoms with E-state index < -0.39 is 5.41 Å². The van der Waals surface area contributed by atoms with E-state index in [4.69, 9.17) is 9.47 Å². The summed E-state index contributed by atoms with van der Waals surface area (Å²) in [5, 5.41) is 0. The Bertz CT molecular complexity index is 700. The molecule has 0 radical (unpaired) electrons. The van der Waals surface area contributed by atoms with E-state index in [-0.39, 0.29) is 18.4 Å². The van der Waals surface area contributed by atoms with E-state index in [0.29, 0.717) is 19.8 Å². The molecule has 3 rings (SSSR count). The zero-order valence-electron chi connectivity index (χ0n) is 16.5. The molecule has 0 bridgehead atoms. The van der Waals surface area contributed by atoms with E-state index in [9.17, 15) is 4.79 Å². The van der Waals surface area contributed by atoms with E-state index >= 15 is 0 Å². The smallest absolute Gasteiger partial charge is 0.316 e. The van der Waals surface area contributed by atoms with Gasteiger partial charge >= 0.3 is 5.97 Å². The molecule has 4 nitrogen and oxygen atoms in total. The van der Waals surface area contributed by atoms with Crippen LogP contribution in [0.3, 0.4) is 0 Å². The first kappa shape index (κ1) is 22.4. The van der Waals surface area contributed by atoms with Crippen LogP contribution >= 0.6 is 12.4 Å². The average Bonchev–Trinajstić information content (AvgIpc) is 2.73. The molecule has 0 saturated carbocycles. The largest absolute Gasteiger partial charge is 0.465 e. The van der Waals surface area contributed by atoms with Gasteiger partial charge in [0.1, 0.15) is 0 Å². The fourth-order valence-corrected chi connectivity index (χ4v) is 3.75. The minimum Gasteiger partial charge on any atom is -0.465 e. The molecule has 5 heteroatoms. The minimum atomic E-state index is -0.515. The van der Waals surface area contributed by atoms with Crippen molar-refractivity contribution in [3.8, 4) is 0 Å². The molecular formula is C23H30ClNO3. The molecule has 1 aliphatic heterocycles. The van der Waals surface area contributed by atoms with Crippen molar-refractivity contribution in [3.05, 3.63) is 71.8 Å². The van der Waals surface area contributed by atoms with Crippen molar-refractivity contribution in [2.24, 2.45) is 0 Å². The molecule has 28 heavy (non-hydrogen) atoms. The zero-order valence-corrected chi connectivity index (χ0v) is 17.3. The lowest BCUT2D eigenvalue weighted by molar-refractivity contribution is -0.152. The van der Waals surface area contributed by atoms with E-state index in [1.165, 1.54) is 5.56 Å². The molecule has 1 fully saturated rings. The third kappa shape index (κ3) is 5.57. The Morgan fingerprint density at radius 2 is 1.61 bits per heavy atom. The van der Waals surface area contributed by atoms with Gasteiger partial charge in [0.25, 0.3) is 0 Å². The predicted molar refractivity (Wildman–Crippen MR) is 114 cm³/mol. The van der Waals surface area contributed by atoms with Gasteiger partial charge in [0.2, 0.25) is 0 Å². The number of esters is 1. The van der Waals surface area contributed by atoms with Crippen molar-refractivity contribution in [3.63, 3.8) is 0 Å². The second kappa shape index (κ2) is 11.2. The molecule has 152 valence electrons. The van der Waals surface area contributed by atoms with Gasteiger partial charge in [0.15, 0.2) is 0 Å². The first-order valence-corrected chi connectivity index (χ1v) is 9.81. The highest BCUT2D eigenvalue weighted by molar-refractivity contribution is 5.85. The lowest BCUT2D eigenvalue weighted by Crippen LogP contribution is -2.48. The zero-order chi connectivity index (χ0) is 19.0. The molecule has 0 aromatic heterocycles. The summed E-state index contributed by atoms with van der Waals surface area (Å²) in [6.45, 7) is 6.28. The summed E-state index contributed by atoms with van der Waals surface area (Å²) >= 11 is 0. The summed E-state index contributed by atoms with van der Waals surface area (Å²) in [4.78, 5) is 15.2. The highest BCUT2D eigenvalue weighted by atomic mass is 35.5.